The molecule has 4 nitrogen and oxygen atoms in total. The maximum absolute atomic E-state index is 10.6. The number of hydrogen-bond acceptors (Lipinski definition) is 3. The van der Waals surface area contributed by atoms with Crippen LogP contribution in [0, 0.1) is 0 Å². The monoisotopic (exact) mass is 321 g/mol. The molecule has 1 heterocycles. The van der Waals surface area contributed by atoms with Gasteiger partial charge in [0.15, 0.2) is 0 Å². The molecule has 124 valence electrons. The maximum atomic E-state index is 10.6. The Morgan fingerprint density at radius 2 is 1.83 bits per heavy atom. The molecule has 3 aromatic rings. The van der Waals surface area contributed by atoms with Gasteiger partial charge in [-0.15, -0.1) is 0 Å². The first kappa shape index (κ1) is 16.4. The molecule has 0 aliphatic rings. The van der Waals surface area contributed by atoms with Gasteiger partial charge in [-0.1, -0.05) is 48.5 Å². The van der Waals surface area contributed by atoms with Crippen molar-refractivity contribution in [3.8, 4) is 11.1 Å². The van der Waals surface area contributed by atoms with Crippen molar-refractivity contribution in [3.05, 3.63) is 78.1 Å². The molecule has 4 heteroatoms. The van der Waals surface area contributed by atoms with Crippen molar-refractivity contribution in [2.45, 2.75) is 19.1 Å². The lowest BCUT2D eigenvalue weighted by molar-refractivity contribution is 0.0566. The van der Waals surface area contributed by atoms with E-state index in [-0.39, 0.29) is 0 Å². The molecule has 2 aromatic carbocycles. The van der Waals surface area contributed by atoms with E-state index in [0.717, 1.165) is 5.56 Å². The van der Waals surface area contributed by atoms with Crippen molar-refractivity contribution in [1.29, 1.82) is 0 Å². The predicted molar refractivity (Wildman–Crippen MR) is 96.4 cm³/mol. The van der Waals surface area contributed by atoms with Crippen LogP contribution >= 0.6 is 0 Å². The zero-order valence-corrected chi connectivity index (χ0v) is 14.1. The van der Waals surface area contributed by atoms with Crippen LogP contribution < -0.4 is 5.32 Å². The van der Waals surface area contributed by atoms with Gasteiger partial charge in [0.2, 0.25) is 0 Å². The molecule has 1 atom stereocenters. The fourth-order valence-electron chi connectivity index (χ4n) is 2.74. The quantitative estimate of drug-likeness (QED) is 0.733. The first-order valence-electron chi connectivity index (χ1n) is 8.11. The molecule has 0 radical (unpaired) electrons. The van der Waals surface area contributed by atoms with Crippen molar-refractivity contribution < 1.29 is 5.11 Å². The van der Waals surface area contributed by atoms with Crippen LogP contribution in [0.4, 0.5) is 0 Å². The second-order valence-electron chi connectivity index (χ2n) is 6.35. The van der Waals surface area contributed by atoms with E-state index in [4.69, 9.17) is 0 Å². The highest BCUT2D eigenvalue weighted by Crippen LogP contribution is 2.21. The third kappa shape index (κ3) is 3.91. The van der Waals surface area contributed by atoms with Gasteiger partial charge in [0.1, 0.15) is 5.60 Å². The van der Waals surface area contributed by atoms with E-state index in [9.17, 15) is 5.11 Å². The SMILES string of the molecule is Cn1cc(C(C)(O)CNCc2cccc(-c3ccccc3)c2)cn1. The molecular formula is C20H23N3O. The summed E-state index contributed by atoms with van der Waals surface area (Å²) in [5.74, 6) is 0. The number of aromatic nitrogens is 2. The summed E-state index contributed by atoms with van der Waals surface area (Å²) >= 11 is 0. The Morgan fingerprint density at radius 3 is 2.54 bits per heavy atom. The van der Waals surface area contributed by atoms with E-state index in [1.807, 2.05) is 31.4 Å². The van der Waals surface area contributed by atoms with E-state index in [0.29, 0.717) is 13.1 Å². The van der Waals surface area contributed by atoms with Crippen LogP contribution in [0.2, 0.25) is 0 Å². The summed E-state index contributed by atoms with van der Waals surface area (Å²) in [5, 5.41) is 18.1. The Labute approximate surface area is 142 Å². The molecule has 0 aliphatic heterocycles. The van der Waals surface area contributed by atoms with Crippen LogP contribution in [0.1, 0.15) is 18.1 Å². The van der Waals surface area contributed by atoms with Gasteiger partial charge in [-0.3, -0.25) is 4.68 Å². The molecule has 0 saturated carbocycles. The van der Waals surface area contributed by atoms with E-state index >= 15 is 0 Å². The molecule has 3 rings (SSSR count). The molecule has 0 amide bonds. The first-order valence-corrected chi connectivity index (χ1v) is 8.11. The highest BCUT2D eigenvalue weighted by molar-refractivity contribution is 5.63. The Hall–Kier alpha value is -2.43. The number of rotatable bonds is 6. The summed E-state index contributed by atoms with van der Waals surface area (Å²) in [4.78, 5) is 0. The summed E-state index contributed by atoms with van der Waals surface area (Å²) < 4.78 is 1.70. The molecule has 0 bridgehead atoms. The normalized spacial score (nSPS) is 13.6. The first-order chi connectivity index (χ1) is 11.5. The Balaban J connectivity index is 1.63. The number of aryl methyl sites for hydroxylation is 1. The van der Waals surface area contributed by atoms with Crippen LogP contribution in [-0.2, 0) is 19.2 Å². The number of hydrogen-bond donors (Lipinski definition) is 2. The Bertz CT molecular complexity index is 793. The van der Waals surface area contributed by atoms with Crippen LogP contribution in [0.15, 0.2) is 67.0 Å². The zero-order valence-electron chi connectivity index (χ0n) is 14.1. The lowest BCUT2D eigenvalue weighted by Gasteiger charge is -2.22. The molecule has 0 saturated heterocycles. The van der Waals surface area contributed by atoms with Gasteiger partial charge >= 0.3 is 0 Å². The highest BCUT2D eigenvalue weighted by atomic mass is 16.3. The number of nitrogens with one attached hydrogen (secondary N) is 1. The molecule has 24 heavy (non-hydrogen) atoms. The Kier molecular flexibility index (Phi) is 4.79. The summed E-state index contributed by atoms with van der Waals surface area (Å²) in [6.07, 6.45) is 3.55. The van der Waals surface area contributed by atoms with Gasteiger partial charge in [-0.05, 0) is 29.7 Å². The second-order valence-corrected chi connectivity index (χ2v) is 6.35. The molecule has 1 aromatic heterocycles. The molecule has 2 N–H and O–H groups in total. The predicted octanol–water partition coefficient (Wildman–Crippen LogP) is 3.08. The van der Waals surface area contributed by atoms with Crippen molar-refractivity contribution in [2.75, 3.05) is 6.54 Å². The third-order valence-electron chi connectivity index (χ3n) is 4.16. The Morgan fingerprint density at radius 1 is 1.08 bits per heavy atom. The lowest BCUT2D eigenvalue weighted by atomic mass is 9.99. The minimum absolute atomic E-state index is 0.467. The maximum Gasteiger partial charge on any atom is 0.102 e. The van der Waals surface area contributed by atoms with E-state index in [2.05, 4.69) is 46.8 Å². The van der Waals surface area contributed by atoms with Gasteiger partial charge < -0.3 is 10.4 Å². The van der Waals surface area contributed by atoms with E-state index in [1.54, 1.807) is 17.8 Å². The summed E-state index contributed by atoms with van der Waals surface area (Å²) in [7, 11) is 1.85. The minimum atomic E-state index is -0.939. The highest BCUT2D eigenvalue weighted by Gasteiger charge is 2.24. The smallest absolute Gasteiger partial charge is 0.102 e. The average Bonchev–Trinajstić information content (AvgIpc) is 3.03. The summed E-state index contributed by atoms with van der Waals surface area (Å²) in [5.41, 5.74) is 3.48. The topological polar surface area (TPSA) is 50.1 Å². The minimum Gasteiger partial charge on any atom is -0.384 e. The van der Waals surface area contributed by atoms with Gasteiger partial charge in [0, 0.05) is 31.9 Å². The molecule has 0 spiro atoms. The lowest BCUT2D eigenvalue weighted by Crippen LogP contribution is -2.34. The van der Waals surface area contributed by atoms with Crippen LogP contribution in [0.5, 0.6) is 0 Å². The van der Waals surface area contributed by atoms with Gasteiger partial charge in [0.25, 0.3) is 0 Å². The molecular weight excluding hydrogens is 298 g/mol. The number of aliphatic hydroxyl groups is 1. The summed E-state index contributed by atoms with van der Waals surface area (Å²) in [6, 6.07) is 18.8. The van der Waals surface area contributed by atoms with Crippen molar-refractivity contribution >= 4 is 0 Å². The standard InChI is InChI=1S/C20H23N3O/c1-20(24,19-13-22-23(2)14-19)15-21-12-16-7-6-10-18(11-16)17-8-4-3-5-9-17/h3-11,13-14,21,24H,12,15H2,1-2H3. The fourth-order valence-corrected chi connectivity index (χ4v) is 2.74. The number of nitrogens with zero attached hydrogens (tertiary/aromatic N) is 2. The number of benzene rings is 2. The fraction of sp³-hybridized carbons (Fsp3) is 0.250. The molecule has 1 unspecified atom stereocenters. The third-order valence-corrected chi connectivity index (χ3v) is 4.16. The van der Waals surface area contributed by atoms with E-state index in [1.165, 1.54) is 16.7 Å². The second kappa shape index (κ2) is 6.99. The van der Waals surface area contributed by atoms with Crippen LogP contribution in [-0.4, -0.2) is 21.4 Å². The molecule has 0 aliphatic carbocycles. The van der Waals surface area contributed by atoms with Crippen LogP contribution in [0.3, 0.4) is 0 Å². The van der Waals surface area contributed by atoms with Gasteiger partial charge in [0.05, 0.1) is 6.20 Å². The van der Waals surface area contributed by atoms with Crippen LogP contribution in [0.25, 0.3) is 11.1 Å². The zero-order chi connectivity index (χ0) is 17.0. The summed E-state index contributed by atoms with van der Waals surface area (Å²) in [6.45, 7) is 2.97. The van der Waals surface area contributed by atoms with Crippen molar-refractivity contribution in [3.63, 3.8) is 0 Å². The van der Waals surface area contributed by atoms with Crippen molar-refractivity contribution in [1.82, 2.24) is 15.1 Å². The van der Waals surface area contributed by atoms with Crippen molar-refractivity contribution in [2.24, 2.45) is 7.05 Å². The van der Waals surface area contributed by atoms with E-state index < -0.39 is 5.60 Å². The van der Waals surface area contributed by atoms with Gasteiger partial charge in [-0.25, -0.2) is 0 Å². The average molecular weight is 321 g/mol. The molecule has 0 fully saturated rings. The largest absolute Gasteiger partial charge is 0.384 e. The van der Waals surface area contributed by atoms with Gasteiger partial charge in [-0.2, -0.15) is 5.10 Å².